The van der Waals surface area contributed by atoms with E-state index >= 15 is 0 Å². The van der Waals surface area contributed by atoms with E-state index in [0.717, 1.165) is 42.3 Å². The van der Waals surface area contributed by atoms with E-state index in [0.29, 0.717) is 5.92 Å². The molecule has 0 N–H and O–H groups in total. The van der Waals surface area contributed by atoms with Crippen molar-refractivity contribution in [1.29, 1.82) is 0 Å². The largest absolute Gasteiger partial charge is 0.498 e. The van der Waals surface area contributed by atoms with Crippen LogP contribution in [0, 0.1) is 5.92 Å². The van der Waals surface area contributed by atoms with Crippen LogP contribution < -0.4 is 5.46 Å². The van der Waals surface area contributed by atoms with Gasteiger partial charge < -0.3 is 14.2 Å². The minimum absolute atomic E-state index is 0.189. The normalized spacial score (nSPS) is 24.3. The van der Waals surface area contributed by atoms with Gasteiger partial charge >= 0.3 is 7.12 Å². The molecule has 0 radical (unpaired) electrons. The second-order valence-electron chi connectivity index (χ2n) is 8.50. The smallest absolute Gasteiger partial charge is 0.399 e. The Morgan fingerprint density at radius 2 is 1.89 bits per heavy atom. The highest BCUT2D eigenvalue weighted by atomic mass is 32.2. The van der Waals surface area contributed by atoms with E-state index in [1.807, 2.05) is 32.6 Å². The molecule has 0 unspecified atom stereocenters. The summed E-state index contributed by atoms with van der Waals surface area (Å²) < 4.78 is 12.1. The van der Waals surface area contributed by atoms with E-state index in [-0.39, 0.29) is 17.1 Å². The minimum atomic E-state index is -0.422. The first kappa shape index (κ1) is 20.6. The molecule has 1 amide bonds. The molecule has 1 aromatic heterocycles. The first-order valence-corrected chi connectivity index (χ1v) is 10.7. The van der Waals surface area contributed by atoms with E-state index in [4.69, 9.17) is 9.31 Å². The molecule has 0 spiro atoms. The summed E-state index contributed by atoms with van der Waals surface area (Å²) in [6.07, 6.45) is 6.99. The lowest BCUT2D eigenvalue weighted by Gasteiger charge is -2.32. The Hall–Kier alpha value is -1.12. The van der Waals surface area contributed by atoms with Crippen LogP contribution in [0.2, 0.25) is 0 Å². The van der Waals surface area contributed by atoms with Crippen LogP contribution in [0.1, 0.15) is 53.9 Å². The quantitative estimate of drug-likeness (QED) is 0.437. The van der Waals surface area contributed by atoms with Crippen molar-refractivity contribution in [3.8, 4) is 0 Å². The Bertz CT molecular complexity index is 653. The molecule has 27 heavy (non-hydrogen) atoms. The highest BCUT2D eigenvalue weighted by molar-refractivity contribution is 7.99. The standard InChI is InChI=1S/C19H30BN3O3S/c1-14(24)23-9-6-7-15(13-23)8-10-27-17-21-11-16(12-22-17)20-25-18(2,3)19(4,5)26-20/h11-12,15H,6-10,13H2,1-5H3/t15-/m1/s1. The number of nitrogens with zero attached hydrogens (tertiary/aromatic N) is 3. The maximum Gasteiger partial charge on any atom is 0.498 e. The maximum absolute atomic E-state index is 11.5. The van der Waals surface area contributed by atoms with Gasteiger partial charge in [-0.3, -0.25) is 4.79 Å². The number of aromatic nitrogens is 2. The third-order valence-corrected chi connectivity index (χ3v) is 6.80. The van der Waals surface area contributed by atoms with Gasteiger partial charge in [-0.1, -0.05) is 11.8 Å². The number of carbonyl (C=O) groups excluding carboxylic acids is 1. The molecule has 2 aliphatic rings. The summed E-state index contributed by atoms with van der Waals surface area (Å²) in [5.41, 5.74) is 0.125. The van der Waals surface area contributed by atoms with Gasteiger partial charge in [0.25, 0.3) is 0 Å². The molecule has 1 aromatic rings. The molecular weight excluding hydrogens is 361 g/mol. The van der Waals surface area contributed by atoms with E-state index in [2.05, 4.69) is 9.97 Å². The summed E-state index contributed by atoms with van der Waals surface area (Å²) in [5, 5.41) is 0.773. The molecule has 2 aliphatic heterocycles. The lowest BCUT2D eigenvalue weighted by atomic mass is 9.81. The van der Waals surface area contributed by atoms with Gasteiger partial charge in [-0.05, 0) is 52.9 Å². The number of hydrogen-bond acceptors (Lipinski definition) is 6. The lowest BCUT2D eigenvalue weighted by molar-refractivity contribution is -0.130. The molecule has 1 atom stereocenters. The molecule has 2 fully saturated rings. The molecule has 148 valence electrons. The van der Waals surface area contributed by atoms with Crippen molar-refractivity contribution in [3.63, 3.8) is 0 Å². The molecule has 6 nitrogen and oxygen atoms in total. The van der Waals surface area contributed by atoms with Gasteiger partial charge in [-0.25, -0.2) is 9.97 Å². The summed E-state index contributed by atoms with van der Waals surface area (Å²) >= 11 is 1.67. The van der Waals surface area contributed by atoms with Gasteiger partial charge in [0.2, 0.25) is 5.91 Å². The van der Waals surface area contributed by atoms with Crippen molar-refractivity contribution >= 4 is 30.3 Å². The van der Waals surface area contributed by atoms with Gasteiger partial charge in [0.15, 0.2) is 5.16 Å². The Labute approximate surface area is 166 Å². The van der Waals surface area contributed by atoms with Crippen LogP contribution in [0.5, 0.6) is 0 Å². The molecule has 2 saturated heterocycles. The van der Waals surface area contributed by atoms with Crippen molar-refractivity contribution in [2.24, 2.45) is 5.92 Å². The van der Waals surface area contributed by atoms with E-state index in [1.54, 1.807) is 31.1 Å². The van der Waals surface area contributed by atoms with Crippen molar-refractivity contribution < 1.29 is 14.1 Å². The van der Waals surface area contributed by atoms with Crippen molar-refractivity contribution in [3.05, 3.63) is 12.4 Å². The van der Waals surface area contributed by atoms with Gasteiger partial charge in [0, 0.05) is 43.6 Å². The summed E-state index contributed by atoms with van der Waals surface area (Å²) in [4.78, 5) is 22.5. The summed E-state index contributed by atoms with van der Waals surface area (Å²) in [6, 6.07) is 0. The zero-order valence-electron chi connectivity index (χ0n) is 17.0. The van der Waals surface area contributed by atoms with E-state index in [9.17, 15) is 4.79 Å². The zero-order chi connectivity index (χ0) is 19.7. The fraction of sp³-hybridized carbons (Fsp3) is 0.737. The second kappa shape index (κ2) is 8.09. The Morgan fingerprint density at radius 1 is 1.26 bits per heavy atom. The van der Waals surface area contributed by atoms with Crippen molar-refractivity contribution in [2.45, 2.75) is 70.2 Å². The fourth-order valence-corrected chi connectivity index (χ4v) is 4.29. The summed E-state index contributed by atoms with van der Waals surface area (Å²) in [6.45, 7) is 11.6. The van der Waals surface area contributed by atoms with Crippen LogP contribution >= 0.6 is 11.8 Å². The molecule has 0 aromatic carbocycles. The average molecular weight is 391 g/mol. The first-order valence-electron chi connectivity index (χ1n) is 9.74. The number of rotatable bonds is 5. The van der Waals surface area contributed by atoms with E-state index < -0.39 is 7.12 Å². The minimum Gasteiger partial charge on any atom is -0.399 e. The van der Waals surface area contributed by atoms with Gasteiger partial charge in [0.1, 0.15) is 0 Å². The third-order valence-electron chi connectivity index (χ3n) is 5.90. The monoisotopic (exact) mass is 391 g/mol. The van der Waals surface area contributed by atoms with Crippen LogP contribution in [-0.2, 0) is 14.1 Å². The molecule has 3 rings (SSSR count). The highest BCUT2D eigenvalue weighted by Gasteiger charge is 2.51. The van der Waals surface area contributed by atoms with Crippen LogP contribution in [0.3, 0.4) is 0 Å². The predicted molar refractivity (Wildman–Crippen MR) is 108 cm³/mol. The second-order valence-corrected chi connectivity index (χ2v) is 9.56. The molecule has 0 aliphatic carbocycles. The number of thioether (sulfide) groups is 1. The van der Waals surface area contributed by atoms with Gasteiger partial charge in [0.05, 0.1) is 11.2 Å². The third kappa shape index (κ3) is 4.84. The topological polar surface area (TPSA) is 64.6 Å². The van der Waals surface area contributed by atoms with Gasteiger partial charge in [-0.2, -0.15) is 0 Å². The van der Waals surface area contributed by atoms with E-state index in [1.165, 1.54) is 6.42 Å². The molecule has 3 heterocycles. The molecule has 0 bridgehead atoms. The predicted octanol–water partition coefficient (Wildman–Crippen LogP) is 2.52. The maximum atomic E-state index is 11.5. The fourth-order valence-electron chi connectivity index (χ4n) is 3.41. The number of amides is 1. The Morgan fingerprint density at radius 3 is 2.48 bits per heavy atom. The van der Waals surface area contributed by atoms with Crippen LogP contribution in [0.25, 0.3) is 0 Å². The number of carbonyl (C=O) groups is 1. The van der Waals surface area contributed by atoms with Crippen LogP contribution in [0.4, 0.5) is 0 Å². The van der Waals surface area contributed by atoms with Gasteiger partial charge in [-0.15, -0.1) is 0 Å². The number of piperidine rings is 1. The Kier molecular flexibility index (Phi) is 6.18. The number of likely N-dealkylation sites (tertiary alicyclic amines) is 1. The SMILES string of the molecule is CC(=O)N1CCC[C@H](CCSc2ncc(B3OC(C)(C)C(C)(C)O3)cn2)C1. The number of hydrogen-bond donors (Lipinski definition) is 0. The van der Waals surface area contributed by atoms with Crippen LogP contribution in [-0.4, -0.2) is 57.9 Å². The highest BCUT2D eigenvalue weighted by Crippen LogP contribution is 2.36. The Balaban J connectivity index is 1.48. The molecule has 8 heteroatoms. The molecular formula is C19H30BN3O3S. The summed E-state index contributed by atoms with van der Waals surface area (Å²) in [5.74, 6) is 1.74. The molecule has 0 saturated carbocycles. The van der Waals surface area contributed by atoms with Crippen molar-refractivity contribution in [1.82, 2.24) is 14.9 Å². The van der Waals surface area contributed by atoms with Crippen molar-refractivity contribution in [2.75, 3.05) is 18.8 Å². The summed E-state index contributed by atoms with van der Waals surface area (Å²) in [7, 11) is -0.422. The first-order chi connectivity index (χ1) is 12.7. The average Bonchev–Trinajstić information content (AvgIpc) is 2.83. The zero-order valence-corrected chi connectivity index (χ0v) is 17.8. The van der Waals surface area contributed by atoms with Crippen LogP contribution in [0.15, 0.2) is 17.6 Å². The lowest BCUT2D eigenvalue weighted by Crippen LogP contribution is -2.41.